The number of carbonyl (C=O) groups excluding carboxylic acids is 1. The van der Waals surface area contributed by atoms with E-state index in [9.17, 15) is 4.79 Å². The van der Waals surface area contributed by atoms with Gasteiger partial charge in [-0.25, -0.2) is 9.97 Å². The van der Waals surface area contributed by atoms with Gasteiger partial charge in [-0.15, -0.1) is 0 Å². The van der Waals surface area contributed by atoms with Gasteiger partial charge in [0.1, 0.15) is 0 Å². The smallest absolute Gasteiger partial charge is 0.227 e. The molecule has 1 aromatic heterocycles. The molecule has 0 amide bonds. The number of Topliss-reactive ketones (excluding diaryl/α,β-unsaturated/α-hetero) is 1. The summed E-state index contributed by atoms with van der Waals surface area (Å²) in [5.74, 6) is 0.721. The zero-order valence-electron chi connectivity index (χ0n) is 10.6. The van der Waals surface area contributed by atoms with Crippen molar-refractivity contribution in [2.45, 2.75) is 25.7 Å². The highest BCUT2D eigenvalue weighted by Gasteiger charge is 2.17. The van der Waals surface area contributed by atoms with E-state index in [1.807, 2.05) is 30.3 Å². The first kappa shape index (κ1) is 11.8. The topological polar surface area (TPSA) is 54.9 Å². The lowest BCUT2D eigenvalue weighted by atomic mass is 10.1. The number of anilines is 2. The highest BCUT2D eigenvalue weighted by Crippen LogP contribution is 2.20. The summed E-state index contributed by atoms with van der Waals surface area (Å²) in [5.41, 5.74) is 2.51. The van der Waals surface area contributed by atoms with Gasteiger partial charge >= 0.3 is 0 Å². The maximum absolute atomic E-state index is 11.9. The molecule has 1 aliphatic rings. The summed E-state index contributed by atoms with van der Waals surface area (Å²) in [6, 6.07) is 9.78. The third kappa shape index (κ3) is 2.62. The fourth-order valence-corrected chi connectivity index (χ4v) is 2.26. The monoisotopic (exact) mass is 253 g/mol. The van der Waals surface area contributed by atoms with E-state index in [-0.39, 0.29) is 5.78 Å². The summed E-state index contributed by atoms with van der Waals surface area (Å²) in [4.78, 5) is 20.6. The van der Waals surface area contributed by atoms with E-state index in [1.54, 1.807) is 6.20 Å². The third-order valence-electron chi connectivity index (χ3n) is 3.27. The molecule has 2 aromatic rings. The van der Waals surface area contributed by atoms with E-state index in [0.29, 0.717) is 17.9 Å². The highest BCUT2D eigenvalue weighted by atomic mass is 16.1. The standard InChI is InChI=1S/C15H15N3O/c19-14-9-5-4-8-13-12(14)10-16-15(18-13)17-11-6-2-1-3-7-11/h1-3,6-7,10H,4-5,8-9H2,(H,16,17,18). The van der Waals surface area contributed by atoms with Gasteiger partial charge in [-0.05, 0) is 31.4 Å². The van der Waals surface area contributed by atoms with Crippen LogP contribution < -0.4 is 5.32 Å². The van der Waals surface area contributed by atoms with Gasteiger partial charge < -0.3 is 5.32 Å². The Morgan fingerprint density at radius 2 is 1.84 bits per heavy atom. The number of hydrogen-bond donors (Lipinski definition) is 1. The molecule has 19 heavy (non-hydrogen) atoms. The molecule has 0 bridgehead atoms. The second kappa shape index (κ2) is 5.18. The molecule has 0 radical (unpaired) electrons. The first-order valence-corrected chi connectivity index (χ1v) is 6.54. The first-order valence-electron chi connectivity index (χ1n) is 6.54. The molecule has 0 saturated carbocycles. The third-order valence-corrected chi connectivity index (χ3v) is 3.27. The minimum absolute atomic E-state index is 0.166. The van der Waals surface area contributed by atoms with E-state index >= 15 is 0 Å². The van der Waals surface area contributed by atoms with Crippen molar-refractivity contribution >= 4 is 17.4 Å². The lowest BCUT2D eigenvalue weighted by Gasteiger charge is -2.08. The molecule has 0 fully saturated rings. The van der Waals surface area contributed by atoms with Crippen LogP contribution in [0.15, 0.2) is 36.5 Å². The van der Waals surface area contributed by atoms with Crippen molar-refractivity contribution in [2.75, 3.05) is 5.32 Å². The maximum atomic E-state index is 11.9. The minimum Gasteiger partial charge on any atom is -0.324 e. The van der Waals surface area contributed by atoms with Crippen LogP contribution in [0.2, 0.25) is 0 Å². The number of ketones is 1. The lowest BCUT2D eigenvalue weighted by molar-refractivity contribution is 0.0981. The second-order valence-electron chi connectivity index (χ2n) is 4.68. The summed E-state index contributed by atoms with van der Waals surface area (Å²) < 4.78 is 0. The summed E-state index contributed by atoms with van der Waals surface area (Å²) in [5, 5.41) is 3.16. The molecule has 0 saturated heterocycles. The largest absolute Gasteiger partial charge is 0.324 e. The molecule has 0 atom stereocenters. The molecule has 4 heteroatoms. The molecule has 4 nitrogen and oxygen atoms in total. The number of aryl methyl sites for hydroxylation is 1. The molecule has 1 aliphatic carbocycles. The van der Waals surface area contributed by atoms with Crippen molar-refractivity contribution in [2.24, 2.45) is 0 Å². The summed E-state index contributed by atoms with van der Waals surface area (Å²) in [7, 11) is 0. The van der Waals surface area contributed by atoms with Gasteiger partial charge in [0, 0.05) is 18.3 Å². The summed E-state index contributed by atoms with van der Waals surface area (Å²) in [6.45, 7) is 0. The summed E-state index contributed by atoms with van der Waals surface area (Å²) >= 11 is 0. The average molecular weight is 253 g/mol. The molecular weight excluding hydrogens is 238 g/mol. The minimum atomic E-state index is 0.166. The molecule has 0 unspecified atom stereocenters. The molecule has 0 aliphatic heterocycles. The molecule has 1 N–H and O–H groups in total. The zero-order valence-corrected chi connectivity index (χ0v) is 10.6. The fourth-order valence-electron chi connectivity index (χ4n) is 2.26. The van der Waals surface area contributed by atoms with Crippen molar-refractivity contribution in [3.8, 4) is 0 Å². The number of carbonyl (C=O) groups is 1. The molecule has 1 heterocycles. The number of aromatic nitrogens is 2. The maximum Gasteiger partial charge on any atom is 0.227 e. The Morgan fingerprint density at radius 3 is 2.68 bits per heavy atom. The van der Waals surface area contributed by atoms with Crippen LogP contribution in [0, 0.1) is 0 Å². The molecule has 0 spiro atoms. The highest BCUT2D eigenvalue weighted by molar-refractivity contribution is 5.97. The Kier molecular flexibility index (Phi) is 3.23. The van der Waals surface area contributed by atoms with Crippen molar-refractivity contribution in [1.82, 2.24) is 9.97 Å². The van der Waals surface area contributed by atoms with Crippen LogP contribution in [0.3, 0.4) is 0 Å². The van der Waals surface area contributed by atoms with Crippen molar-refractivity contribution in [3.63, 3.8) is 0 Å². The predicted octanol–water partition coefficient (Wildman–Crippen LogP) is 3.13. The van der Waals surface area contributed by atoms with Crippen LogP contribution in [-0.2, 0) is 6.42 Å². The number of nitrogens with zero attached hydrogens (tertiary/aromatic N) is 2. The normalized spacial score (nSPS) is 14.6. The van der Waals surface area contributed by atoms with Crippen LogP contribution in [0.25, 0.3) is 0 Å². The van der Waals surface area contributed by atoms with Gasteiger partial charge in [0.2, 0.25) is 5.95 Å². The zero-order chi connectivity index (χ0) is 13.1. The van der Waals surface area contributed by atoms with Gasteiger partial charge in [-0.2, -0.15) is 0 Å². The Bertz CT molecular complexity index is 596. The van der Waals surface area contributed by atoms with Crippen LogP contribution in [0.5, 0.6) is 0 Å². The van der Waals surface area contributed by atoms with Gasteiger partial charge in [0.25, 0.3) is 0 Å². The SMILES string of the molecule is O=C1CCCCc2nc(Nc3ccccc3)ncc21. The van der Waals surface area contributed by atoms with E-state index in [2.05, 4.69) is 15.3 Å². The van der Waals surface area contributed by atoms with Crippen molar-refractivity contribution < 1.29 is 4.79 Å². The first-order chi connectivity index (χ1) is 9.33. The molecule has 96 valence electrons. The molecule has 1 aromatic carbocycles. The number of fused-ring (bicyclic) bond motifs is 1. The van der Waals surface area contributed by atoms with Crippen LogP contribution >= 0.6 is 0 Å². The number of nitrogens with one attached hydrogen (secondary N) is 1. The van der Waals surface area contributed by atoms with Crippen molar-refractivity contribution in [3.05, 3.63) is 47.8 Å². The molecule has 3 rings (SSSR count). The molecular formula is C15H15N3O. The van der Waals surface area contributed by atoms with Crippen LogP contribution in [0.4, 0.5) is 11.6 Å². The van der Waals surface area contributed by atoms with Gasteiger partial charge in [-0.1, -0.05) is 18.2 Å². The van der Waals surface area contributed by atoms with Crippen molar-refractivity contribution in [1.29, 1.82) is 0 Å². The van der Waals surface area contributed by atoms with E-state index < -0.39 is 0 Å². The number of hydrogen-bond acceptors (Lipinski definition) is 4. The van der Waals surface area contributed by atoms with Gasteiger partial charge in [0.05, 0.1) is 11.3 Å². The average Bonchev–Trinajstić information content (AvgIpc) is 2.62. The number of rotatable bonds is 2. The van der Waals surface area contributed by atoms with Crippen LogP contribution in [-0.4, -0.2) is 15.8 Å². The number of benzene rings is 1. The Balaban J connectivity index is 1.89. The van der Waals surface area contributed by atoms with Gasteiger partial charge in [-0.3, -0.25) is 4.79 Å². The van der Waals surface area contributed by atoms with E-state index in [4.69, 9.17) is 0 Å². The van der Waals surface area contributed by atoms with E-state index in [0.717, 1.165) is 30.6 Å². The van der Waals surface area contributed by atoms with Gasteiger partial charge in [0.15, 0.2) is 5.78 Å². The lowest BCUT2D eigenvalue weighted by Crippen LogP contribution is -2.06. The quantitative estimate of drug-likeness (QED) is 0.835. The second-order valence-corrected chi connectivity index (χ2v) is 4.68. The van der Waals surface area contributed by atoms with Crippen LogP contribution in [0.1, 0.15) is 35.3 Å². The predicted molar refractivity (Wildman–Crippen MR) is 73.6 cm³/mol. The fraction of sp³-hybridized carbons (Fsp3) is 0.267. The Labute approximate surface area is 111 Å². The Morgan fingerprint density at radius 1 is 1.05 bits per heavy atom. The summed E-state index contributed by atoms with van der Waals surface area (Å²) in [6.07, 6.45) is 5.08. The van der Waals surface area contributed by atoms with E-state index in [1.165, 1.54) is 0 Å². The Hall–Kier alpha value is -2.23. The number of para-hydroxylation sites is 1.